The summed E-state index contributed by atoms with van der Waals surface area (Å²) in [4.78, 5) is 32.1. The first-order chi connectivity index (χ1) is 14.1. The number of nitrogens with one attached hydrogen (secondary N) is 1. The van der Waals surface area contributed by atoms with Crippen LogP contribution in [0.5, 0.6) is 0 Å². The maximum Gasteiger partial charge on any atom is 0.268 e. The number of rotatable bonds is 5. The zero-order chi connectivity index (χ0) is 20.2. The number of anilines is 2. The Morgan fingerprint density at radius 1 is 0.966 bits per heavy atom. The van der Waals surface area contributed by atoms with Crippen molar-refractivity contribution in [3.8, 4) is 10.6 Å². The van der Waals surface area contributed by atoms with Crippen LogP contribution in [0.4, 0.5) is 11.4 Å². The first-order valence-corrected chi connectivity index (χ1v) is 10.6. The van der Waals surface area contributed by atoms with Gasteiger partial charge in [0.25, 0.3) is 11.8 Å². The quantitative estimate of drug-likeness (QED) is 0.471. The minimum Gasteiger partial charge on any atom is -0.322 e. The molecule has 0 aliphatic heterocycles. The van der Waals surface area contributed by atoms with Crippen LogP contribution in [-0.2, 0) is 0 Å². The summed E-state index contributed by atoms with van der Waals surface area (Å²) in [6, 6.07) is 18.2. The lowest BCUT2D eigenvalue weighted by molar-refractivity contribution is 0.0996. The molecule has 2 heterocycles. The van der Waals surface area contributed by atoms with Crippen molar-refractivity contribution in [1.29, 1.82) is 0 Å². The third-order valence-corrected chi connectivity index (χ3v) is 6.03. The average molecular weight is 420 g/mol. The normalized spacial score (nSPS) is 10.5. The highest BCUT2D eigenvalue weighted by Crippen LogP contribution is 2.26. The fraction of sp³-hybridized carbons (Fsp3) is 0.0455. The Morgan fingerprint density at radius 2 is 1.83 bits per heavy atom. The number of carbonyl (C=O) groups excluding carboxylic acids is 2. The average Bonchev–Trinajstić information content (AvgIpc) is 3.47. The summed E-state index contributed by atoms with van der Waals surface area (Å²) >= 11 is 2.92. The van der Waals surface area contributed by atoms with Gasteiger partial charge in [0.15, 0.2) is 0 Å². The minimum atomic E-state index is -0.275. The Kier molecular flexibility index (Phi) is 5.50. The van der Waals surface area contributed by atoms with E-state index in [0.29, 0.717) is 21.8 Å². The number of nitrogens with zero attached hydrogens (tertiary/aromatic N) is 2. The first-order valence-electron chi connectivity index (χ1n) is 8.85. The molecule has 0 radical (unpaired) electrons. The highest BCUT2D eigenvalue weighted by Gasteiger charge is 2.20. The second-order valence-corrected chi connectivity index (χ2v) is 8.07. The Labute approximate surface area is 176 Å². The summed E-state index contributed by atoms with van der Waals surface area (Å²) in [6.45, 7) is 0. The number of para-hydroxylation sites is 1. The third-order valence-electron chi connectivity index (χ3n) is 4.35. The predicted molar refractivity (Wildman–Crippen MR) is 119 cm³/mol. The van der Waals surface area contributed by atoms with Crippen molar-refractivity contribution in [2.45, 2.75) is 0 Å². The molecule has 4 rings (SSSR count). The second kappa shape index (κ2) is 8.38. The summed E-state index contributed by atoms with van der Waals surface area (Å²) in [5.74, 6) is -0.422. The van der Waals surface area contributed by atoms with Gasteiger partial charge in [0.05, 0.1) is 16.1 Å². The highest BCUT2D eigenvalue weighted by atomic mass is 32.1. The number of carbonyl (C=O) groups is 2. The van der Waals surface area contributed by atoms with Crippen molar-refractivity contribution in [1.82, 2.24) is 4.98 Å². The summed E-state index contributed by atoms with van der Waals surface area (Å²) in [5.41, 5.74) is 2.60. The number of hydrogen-bond donors (Lipinski definition) is 1. The minimum absolute atomic E-state index is 0.147. The number of amides is 2. The number of thiazole rings is 1. The molecule has 29 heavy (non-hydrogen) atoms. The molecule has 0 spiro atoms. The molecule has 0 saturated carbocycles. The molecular weight excluding hydrogens is 402 g/mol. The third kappa shape index (κ3) is 4.11. The monoisotopic (exact) mass is 419 g/mol. The van der Waals surface area contributed by atoms with E-state index in [0.717, 1.165) is 10.6 Å². The molecular formula is C22H17N3O2S2. The lowest BCUT2D eigenvalue weighted by Gasteiger charge is -2.20. The van der Waals surface area contributed by atoms with E-state index >= 15 is 0 Å². The van der Waals surface area contributed by atoms with Gasteiger partial charge in [-0.05, 0) is 35.7 Å². The Hall–Kier alpha value is -3.29. The molecule has 5 nitrogen and oxygen atoms in total. The van der Waals surface area contributed by atoms with Gasteiger partial charge in [0, 0.05) is 29.9 Å². The van der Waals surface area contributed by atoms with Crippen LogP contribution in [-0.4, -0.2) is 23.8 Å². The first kappa shape index (κ1) is 19.0. The zero-order valence-corrected chi connectivity index (χ0v) is 17.2. The van der Waals surface area contributed by atoms with Gasteiger partial charge in [-0.3, -0.25) is 9.59 Å². The van der Waals surface area contributed by atoms with E-state index in [1.807, 2.05) is 47.2 Å². The predicted octanol–water partition coefficient (Wildman–Crippen LogP) is 5.40. The van der Waals surface area contributed by atoms with Crippen molar-refractivity contribution in [2.75, 3.05) is 17.3 Å². The van der Waals surface area contributed by atoms with E-state index in [-0.39, 0.29) is 11.8 Å². The summed E-state index contributed by atoms with van der Waals surface area (Å²) in [6.07, 6.45) is 1.75. The molecule has 0 atom stereocenters. The van der Waals surface area contributed by atoms with E-state index in [2.05, 4.69) is 10.3 Å². The number of thiophene rings is 1. The van der Waals surface area contributed by atoms with Crippen LogP contribution < -0.4 is 10.2 Å². The van der Waals surface area contributed by atoms with E-state index in [9.17, 15) is 9.59 Å². The maximum atomic E-state index is 13.0. The van der Waals surface area contributed by atoms with Crippen LogP contribution >= 0.6 is 22.7 Å². The molecule has 0 aliphatic carbocycles. The van der Waals surface area contributed by atoms with Crippen LogP contribution in [0.1, 0.15) is 20.0 Å². The van der Waals surface area contributed by atoms with Crippen LogP contribution in [0.15, 0.2) is 77.6 Å². The van der Waals surface area contributed by atoms with E-state index in [4.69, 9.17) is 0 Å². The van der Waals surface area contributed by atoms with Gasteiger partial charge in [-0.1, -0.05) is 30.3 Å². The summed E-state index contributed by atoms with van der Waals surface area (Å²) in [7, 11) is 1.68. The van der Waals surface area contributed by atoms with E-state index in [1.165, 1.54) is 16.2 Å². The summed E-state index contributed by atoms with van der Waals surface area (Å²) in [5, 5.41) is 7.59. The van der Waals surface area contributed by atoms with Gasteiger partial charge >= 0.3 is 0 Å². The number of hydrogen-bond acceptors (Lipinski definition) is 5. The fourth-order valence-electron chi connectivity index (χ4n) is 2.93. The second-order valence-electron chi connectivity index (χ2n) is 6.23. The van der Waals surface area contributed by atoms with Gasteiger partial charge in [-0.2, -0.15) is 0 Å². The topological polar surface area (TPSA) is 62.3 Å². The molecule has 0 bridgehead atoms. The van der Waals surface area contributed by atoms with Crippen LogP contribution in [0.2, 0.25) is 0 Å². The largest absolute Gasteiger partial charge is 0.322 e. The van der Waals surface area contributed by atoms with Crippen molar-refractivity contribution in [2.24, 2.45) is 0 Å². The molecule has 0 saturated heterocycles. The highest BCUT2D eigenvalue weighted by molar-refractivity contribution is 7.13. The number of aromatic nitrogens is 1. The Bertz CT molecular complexity index is 1140. The van der Waals surface area contributed by atoms with Gasteiger partial charge in [-0.15, -0.1) is 22.7 Å². The molecule has 0 aliphatic rings. The van der Waals surface area contributed by atoms with Gasteiger partial charge < -0.3 is 10.2 Å². The lowest BCUT2D eigenvalue weighted by Crippen LogP contribution is -2.28. The number of benzene rings is 2. The van der Waals surface area contributed by atoms with E-state index < -0.39 is 0 Å². The van der Waals surface area contributed by atoms with E-state index in [1.54, 1.807) is 48.8 Å². The summed E-state index contributed by atoms with van der Waals surface area (Å²) < 4.78 is 0. The molecule has 0 unspecified atom stereocenters. The van der Waals surface area contributed by atoms with Crippen LogP contribution in [0.3, 0.4) is 0 Å². The maximum absolute atomic E-state index is 13.0. The van der Waals surface area contributed by atoms with Crippen molar-refractivity contribution in [3.63, 3.8) is 0 Å². The van der Waals surface area contributed by atoms with Gasteiger partial charge in [-0.25, -0.2) is 4.98 Å². The molecule has 4 aromatic rings. The standard InChI is InChI=1S/C22H17N3O2S2/c1-25(22(27)19-10-5-12-28-19)18-9-3-2-8-17(18)20(26)24-16-7-4-6-15(14-16)21-23-11-13-29-21/h2-14H,1H3,(H,24,26). The molecule has 2 aromatic carbocycles. The van der Waals surface area contributed by atoms with Crippen molar-refractivity contribution < 1.29 is 9.59 Å². The molecule has 2 aromatic heterocycles. The fourth-order valence-corrected chi connectivity index (χ4v) is 4.26. The SMILES string of the molecule is CN(C(=O)c1cccs1)c1ccccc1C(=O)Nc1cccc(-c2nccs2)c1. The Morgan fingerprint density at radius 3 is 2.59 bits per heavy atom. The van der Waals surface area contributed by atoms with Crippen molar-refractivity contribution >= 4 is 45.9 Å². The van der Waals surface area contributed by atoms with Crippen LogP contribution in [0, 0.1) is 0 Å². The molecule has 2 amide bonds. The van der Waals surface area contributed by atoms with Crippen molar-refractivity contribution in [3.05, 3.63) is 88.1 Å². The van der Waals surface area contributed by atoms with Crippen LogP contribution in [0.25, 0.3) is 10.6 Å². The van der Waals surface area contributed by atoms with Gasteiger partial charge in [0.1, 0.15) is 5.01 Å². The lowest BCUT2D eigenvalue weighted by atomic mass is 10.1. The molecule has 144 valence electrons. The zero-order valence-electron chi connectivity index (χ0n) is 15.5. The van der Waals surface area contributed by atoms with Gasteiger partial charge in [0.2, 0.25) is 0 Å². The molecule has 7 heteroatoms. The molecule has 0 fully saturated rings. The molecule has 1 N–H and O–H groups in total. The smallest absolute Gasteiger partial charge is 0.268 e. The Balaban J connectivity index is 1.59.